The highest BCUT2D eigenvalue weighted by molar-refractivity contribution is 9.11. The van der Waals surface area contributed by atoms with E-state index in [-0.39, 0.29) is 0 Å². The van der Waals surface area contributed by atoms with Crippen LogP contribution in [0.15, 0.2) is 11.6 Å². The van der Waals surface area contributed by atoms with Crippen molar-refractivity contribution in [3.8, 4) is 0 Å². The Kier molecular flexibility index (Phi) is 72.7. The predicted octanol–water partition coefficient (Wildman–Crippen LogP) is 1.34. The average molecular weight is 137 g/mol. The van der Waals surface area contributed by atoms with Crippen LogP contribution in [-0.2, 0) is 4.79 Å². The minimum absolute atomic E-state index is 1.56. The van der Waals surface area contributed by atoms with Gasteiger partial charge in [0.2, 0.25) is 0 Å². The average Bonchev–Trinajstić information content (AvgIpc) is 1.46. The molecule has 0 N–H and O–H groups in total. The van der Waals surface area contributed by atoms with Crippen molar-refractivity contribution in [3.05, 3.63) is 11.6 Å². The van der Waals surface area contributed by atoms with Gasteiger partial charge in [-0.05, 0) is 4.99 Å². The Morgan fingerprint density at radius 2 is 1.60 bits per heavy atom. The third-order valence-corrected chi connectivity index (χ3v) is 0. The minimum Gasteiger partial charge on any atom is -0.307 e. The van der Waals surface area contributed by atoms with Crippen LogP contribution in [0.1, 0.15) is 0 Å². The van der Waals surface area contributed by atoms with Gasteiger partial charge in [-0.2, -0.15) is 0 Å². The fourth-order valence-electron chi connectivity index (χ4n) is 0. The fourth-order valence-corrected chi connectivity index (χ4v) is 0. The monoisotopic (exact) mass is 136 g/mol. The molecule has 0 aliphatic rings. The maximum atomic E-state index is 8.00. The molecule has 0 atom stereocenters. The lowest BCUT2D eigenvalue weighted by molar-refractivity contribution is -0.0979. The third kappa shape index (κ3) is 1150. The van der Waals surface area contributed by atoms with E-state index in [2.05, 4.69) is 22.5 Å². The molecule has 0 rings (SSSR count). The van der Waals surface area contributed by atoms with Crippen molar-refractivity contribution >= 4 is 22.7 Å². The van der Waals surface area contributed by atoms with Crippen LogP contribution < -0.4 is 0 Å². The van der Waals surface area contributed by atoms with Crippen molar-refractivity contribution in [2.45, 2.75) is 0 Å². The van der Waals surface area contributed by atoms with Gasteiger partial charge >= 0.3 is 0 Å². The predicted molar refractivity (Wildman–Crippen MR) is 26.2 cm³/mol. The van der Waals surface area contributed by atoms with Gasteiger partial charge in [0.05, 0.1) is 0 Å². The van der Waals surface area contributed by atoms with Gasteiger partial charge in [-0.15, -0.1) is 0 Å². The smallest absolute Gasteiger partial charge is 0.106 e. The van der Waals surface area contributed by atoms with E-state index in [9.17, 15) is 0 Å². The van der Waals surface area contributed by atoms with Crippen LogP contribution in [0, 0.1) is 0 Å². The van der Waals surface area contributed by atoms with E-state index >= 15 is 0 Å². The minimum atomic E-state index is 1.56. The number of rotatable bonds is 0. The van der Waals surface area contributed by atoms with Gasteiger partial charge in [-0.1, -0.05) is 22.5 Å². The second-order valence-electron chi connectivity index (χ2n) is 0.154. The molecule has 2 heteroatoms. The molecule has 0 radical (unpaired) electrons. The SMILES string of the molecule is C=CBr.C=O. The molecule has 0 unspecified atom stereocenters. The molecular formula is C3H5BrO. The quantitative estimate of drug-likeness (QED) is 0.492. The summed E-state index contributed by atoms with van der Waals surface area (Å²) in [6.45, 7) is 5.28. The molecular weight excluding hydrogens is 132 g/mol. The van der Waals surface area contributed by atoms with Crippen molar-refractivity contribution < 1.29 is 4.79 Å². The van der Waals surface area contributed by atoms with Crippen LogP contribution in [-0.4, -0.2) is 6.79 Å². The van der Waals surface area contributed by atoms with Crippen LogP contribution in [0.3, 0.4) is 0 Å². The van der Waals surface area contributed by atoms with Crippen molar-refractivity contribution in [1.29, 1.82) is 0 Å². The van der Waals surface area contributed by atoms with E-state index in [1.54, 1.807) is 4.99 Å². The standard InChI is InChI=1S/C2H3Br.CH2O/c1-2-3;1-2/h2H,1H2;1H2. The van der Waals surface area contributed by atoms with Gasteiger partial charge in [-0.3, -0.25) is 0 Å². The Hall–Kier alpha value is -0.110. The number of carbonyl (C=O) groups is 1. The topological polar surface area (TPSA) is 17.1 Å². The summed E-state index contributed by atoms with van der Waals surface area (Å²) in [6, 6.07) is 0. The molecule has 30 valence electrons. The first-order valence-electron chi connectivity index (χ1n) is 0.915. The van der Waals surface area contributed by atoms with Crippen molar-refractivity contribution in [3.63, 3.8) is 0 Å². The largest absolute Gasteiger partial charge is 0.307 e. The Morgan fingerprint density at radius 1 is 1.60 bits per heavy atom. The summed E-state index contributed by atoms with van der Waals surface area (Å²) in [5.74, 6) is 0. The van der Waals surface area contributed by atoms with Gasteiger partial charge in [0.1, 0.15) is 6.79 Å². The number of hydrogen-bond donors (Lipinski definition) is 0. The van der Waals surface area contributed by atoms with Crippen molar-refractivity contribution in [2.75, 3.05) is 0 Å². The zero-order valence-corrected chi connectivity index (χ0v) is 4.36. The Balaban J connectivity index is 0. The third-order valence-electron chi connectivity index (χ3n) is 0. The molecule has 0 aliphatic carbocycles. The zero-order valence-electron chi connectivity index (χ0n) is 2.78. The highest BCUT2D eigenvalue weighted by Crippen LogP contribution is 1.68. The lowest BCUT2D eigenvalue weighted by Crippen LogP contribution is -0.925. The van der Waals surface area contributed by atoms with Crippen LogP contribution in [0.5, 0.6) is 0 Å². The maximum Gasteiger partial charge on any atom is 0.106 e. The molecule has 0 saturated heterocycles. The van der Waals surface area contributed by atoms with Crippen LogP contribution in [0.25, 0.3) is 0 Å². The van der Waals surface area contributed by atoms with Gasteiger partial charge in [0.25, 0.3) is 0 Å². The summed E-state index contributed by atoms with van der Waals surface area (Å²) in [5.41, 5.74) is 0. The van der Waals surface area contributed by atoms with E-state index in [1.165, 1.54) is 0 Å². The second-order valence-corrected chi connectivity index (χ2v) is 0.802. The summed E-state index contributed by atoms with van der Waals surface area (Å²) in [6.07, 6.45) is 0. The zero-order chi connectivity index (χ0) is 4.71. The molecule has 0 spiro atoms. The molecule has 0 aromatic carbocycles. The van der Waals surface area contributed by atoms with Crippen LogP contribution in [0.2, 0.25) is 0 Å². The molecule has 0 aromatic rings. The van der Waals surface area contributed by atoms with Gasteiger partial charge in [-0.25, -0.2) is 0 Å². The molecule has 0 bridgehead atoms. The lowest BCUT2D eigenvalue weighted by Gasteiger charge is -1.27. The molecule has 0 saturated carbocycles. The van der Waals surface area contributed by atoms with Crippen molar-refractivity contribution in [1.82, 2.24) is 0 Å². The summed E-state index contributed by atoms with van der Waals surface area (Å²) >= 11 is 2.91. The number of halogens is 1. The van der Waals surface area contributed by atoms with E-state index in [4.69, 9.17) is 4.79 Å². The highest BCUT2D eigenvalue weighted by atomic mass is 79.9. The molecule has 0 amide bonds. The maximum absolute atomic E-state index is 8.00. The summed E-state index contributed by atoms with van der Waals surface area (Å²) in [7, 11) is 0. The summed E-state index contributed by atoms with van der Waals surface area (Å²) in [5, 5.41) is 0. The summed E-state index contributed by atoms with van der Waals surface area (Å²) < 4.78 is 0. The second kappa shape index (κ2) is 41.0. The van der Waals surface area contributed by atoms with Gasteiger partial charge < -0.3 is 4.79 Å². The molecule has 0 aromatic heterocycles. The summed E-state index contributed by atoms with van der Waals surface area (Å²) in [4.78, 5) is 9.56. The van der Waals surface area contributed by atoms with Crippen molar-refractivity contribution in [2.24, 2.45) is 0 Å². The van der Waals surface area contributed by atoms with Gasteiger partial charge in [0, 0.05) is 0 Å². The van der Waals surface area contributed by atoms with E-state index in [1.807, 2.05) is 6.79 Å². The Labute approximate surface area is 39.8 Å². The molecule has 0 fully saturated rings. The van der Waals surface area contributed by atoms with Gasteiger partial charge in [0.15, 0.2) is 0 Å². The van der Waals surface area contributed by atoms with Crippen LogP contribution >= 0.6 is 15.9 Å². The number of hydrogen-bond acceptors (Lipinski definition) is 1. The van der Waals surface area contributed by atoms with Crippen LogP contribution in [0.4, 0.5) is 0 Å². The molecule has 1 nitrogen and oxygen atoms in total. The van der Waals surface area contributed by atoms with E-state index in [0.717, 1.165) is 0 Å². The fraction of sp³-hybridized carbons (Fsp3) is 0. The molecule has 0 aliphatic heterocycles. The molecule has 0 heterocycles. The van der Waals surface area contributed by atoms with E-state index in [0.29, 0.717) is 0 Å². The highest BCUT2D eigenvalue weighted by Gasteiger charge is 1.18. The van der Waals surface area contributed by atoms with E-state index < -0.39 is 0 Å². The first-order valence-corrected chi connectivity index (χ1v) is 1.83. The molecule has 5 heavy (non-hydrogen) atoms. The first kappa shape index (κ1) is 8.86. The Morgan fingerprint density at radius 3 is 1.60 bits per heavy atom. The first-order chi connectivity index (χ1) is 2.41. The normalized spacial score (nSPS) is 3.40. The lowest BCUT2D eigenvalue weighted by atomic mass is 11.3. The Bertz CT molecular complexity index is 20.9. The number of carbonyl (C=O) groups excluding carboxylic acids is 1.